The molecule has 108 valence electrons. The summed E-state index contributed by atoms with van der Waals surface area (Å²) in [5, 5.41) is 8.77. The van der Waals surface area contributed by atoms with Crippen molar-refractivity contribution in [3.05, 3.63) is 30.3 Å². The van der Waals surface area contributed by atoms with E-state index in [4.69, 9.17) is 24.1 Å². The molecule has 0 spiro atoms. The maximum absolute atomic E-state index is 8.77. The summed E-state index contributed by atoms with van der Waals surface area (Å²) in [5.74, 6) is -0.642. The summed E-state index contributed by atoms with van der Waals surface area (Å²) in [6.07, 6.45) is 0. The van der Waals surface area contributed by atoms with Gasteiger partial charge in [0, 0.05) is 0 Å². The highest BCUT2D eigenvalue weighted by Crippen LogP contribution is 2.21. The van der Waals surface area contributed by atoms with Crippen LogP contribution >= 0.6 is 0 Å². The molecule has 0 aliphatic carbocycles. The van der Waals surface area contributed by atoms with Crippen LogP contribution in [0.5, 0.6) is 5.75 Å². The lowest BCUT2D eigenvalue weighted by Gasteiger charge is -2.32. The summed E-state index contributed by atoms with van der Waals surface area (Å²) in [6.45, 7) is 4.80. The van der Waals surface area contributed by atoms with Crippen LogP contribution in [-0.4, -0.2) is 44.1 Å². The molecule has 0 radical (unpaired) electrons. The van der Waals surface area contributed by atoms with Crippen LogP contribution in [0.15, 0.2) is 30.3 Å². The number of aliphatic hydroxyl groups excluding tert-OH is 1. The normalized spacial score (nSPS) is 11.5. The molecule has 1 N–H and O–H groups in total. The Balaban J connectivity index is 2.75. The van der Waals surface area contributed by atoms with Crippen LogP contribution < -0.4 is 4.74 Å². The van der Waals surface area contributed by atoms with Gasteiger partial charge < -0.3 is 24.1 Å². The van der Waals surface area contributed by atoms with E-state index in [0.717, 1.165) is 0 Å². The first-order valence-corrected chi connectivity index (χ1v) is 6.47. The van der Waals surface area contributed by atoms with Crippen molar-refractivity contribution >= 4 is 0 Å². The van der Waals surface area contributed by atoms with E-state index in [2.05, 4.69) is 0 Å². The Labute approximate surface area is 114 Å². The average Bonchev–Trinajstić information content (AvgIpc) is 2.41. The first kappa shape index (κ1) is 15.9. The topological polar surface area (TPSA) is 57.2 Å². The number of benzene rings is 1. The Hall–Kier alpha value is -1.14. The van der Waals surface area contributed by atoms with Crippen LogP contribution in [0.2, 0.25) is 0 Å². The van der Waals surface area contributed by atoms with Crippen LogP contribution in [0.1, 0.15) is 13.8 Å². The third-order valence-corrected chi connectivity index (χ3v) is 2.26. The predicted molar refractivity (Wildman–Crippen MR) is 71.0 cm³/mol. The second-order valence-electron chi connectivity index (χ2n) is 3.74. The van der Waals surface area contributed by atoms with Gasteiger partial charge in [-0.05, 0) is 26.0 Å². The molecule has 19 heavy (non-hydrogen) atoms. The summed E-state index contributed by atoms with van der Waals surface area (Å²) in [7, 11) is 0. The van der Waals surface area contributed by atoms with Crippen LogP contribution in [-0.2, 0) is 14.2 Å². The number of ether oxygens (including phenoxy) is 4. The quantitative estimate of drug-likeness (QED) is 0.519. The second-order valence-corrected chi connectivity index (χ2v) is 3.74. The van der Waals surface area contributed by atoms with Crippen molar-refractivity contribution in [2.45, 2.75) is 19.8 Å². The minimum absolute atomic E-state index is 0.0559. The molecule has 0 saturated carbocycles. The highest BCUT2D eigenvalue weighted by Gasteiger charge is 2.35. The van der Waals surface area contributed by atoms with Gasteiger partial charge in [0.1, 0.15) is 12.4 Å². The first-order valence-electron chi connectivity index (χ1n) is 6.47. The van der Waals surface area contributed by atoms with Crippen molar-refractivity contribution in [3.63, 3.8) is 0 Å². The fourth-order valence-electron chi connectivity index (χ4n) is 1.58. The number of rotatable bonds is 10. The van der Waals surface area contributed by atoms with Gasteiger partial charge in [0.05, 0.1) is 26.4 Å². The molecule has 0 aromatic heterocycles. The molecule has 0 unspecified atom stereocenters. The van der Waals surface area contributed by atoms with Gasteiger partial charge in [-0.1, -0.05) is 18.2 Å². The summed E-state index contributed by atoms with van der Waals surface area (Å²) in [4.78, 5) is 0. The van der Waals surface area contributed by atoms with Crippen LogP contribution in [0, 0.1) is 0 Å². The second kappa shape index (κ2) is 8.87. The zero-order chi connectivity index (χ0) is 14.0. The minimum Gasteiger partial charge on any atom is -0.437 e. The maximum Gasteiger partial charge on any atom is 0.351 e. The molecule has 0 fully saturated rings. The Bertz CT molecular complexity index is 322. The lowest BCUT2D eigenvalue weighted by molar-refractivity contribution is -0.357. The standard InChI is InChI=1S/C14H22O5/c1-3-17-14(18-4-2,12-16-11-10-15)19-13-8-6-5-7-9-13/h5-9,15H,3-4,10-12H2,1-2H3. The summed E-state index contributed by atoms with van der Waals surface area (Å²) >= 11 is 0. The third-order valence-electron chi connectivity index (χ3n) is 2.26. The van der Waals surface area contributed by atoms with Crippen molar-refractivity contribution in [3.8, 4) is 5.75 Å². The van der Waals surface area contributed by atoms with Gasteiger partial charge in [-0.2, -0.15) is 0 Å². The minimum atomic E-state index is -1.28. The van der Waals surface area contributed by atoms with Gasteiger partial charge in [0.25, 0.3) is 0 Å². The van der Waals surface area contributed by atoms with E-state index in [1.54, 1.807) is 0 Å². The summed E-state index contributed by atoms with van der Waals surface area (Å²) in [6, 6.07) is 9.27. The third kappa shape index (κ3) is 5.57. The number of hydrogen-bond donors (Lipinski definition) is 1. The molecular formula is C14H22O5. The molecule has 0 atom stereocenters. The molecular weight excluding hydrogens is 248 g/mol. The SMILES string of the molecule is CCOC(COCCO)(OCC)Oc1ccccc1. The number of para-hydroxylation sites is 1. The molecule has 0 heterocycles. The summed E-state index contributed by atoms with van der Waals surface area (Å²) in [5.41, 5.74) is 0. The van der Waals surface area contributed by atoms with Crippen molar-refractivity contribution in [2.24, 2.45) is 0 Å². The molecule has 1 rings (SSSR count). The molecule has 1 aromatic carbocycles. The fraction of sp³-hybridized carbons (Fsp3) is 0.571. The molecule has 0 aliphatic heterocycles. The summed E-state index contributed by atoms with van der Waals surface area (Å²) < 4.78 is 22.2. The van der Waals surface area contributed by atoms with E-state index in [-0.39, 0.29) is 19.8 Å². The smallest absolute Gasteiger partial charge is 0.351 e. The zero-order valence-corrected chi connectivity index (χ0v) is 11.5. The van der Waals surface area contributed by atoms with E-state index < -0.39 is 5.97 Å². The first-order chi connectivity index (χ1) is 9.26. The fourth-order valence-corrected chi connectivity index (χ4v) is 1.58. The monoisotopic (exact) mass is 270 g/mol. The Kier molecular flexibility index (Phi) is 7.43. The van der Waals surface area contributed by atoms with Crippen LogP contribution in [0.4, 0.5) is 0 Å². The van der Waals surface area contributed by atoms with Crippen LogP contribution in [0.3, 0.4) is 0 Å². The molecule has 0 bridgehead atoms. The van der Waals surface area contributed by atoms with Crippen LogP contribution in [0.25, 0.3) is 0 Å². The maximum atomic E-state index is 8.77. The van der Waals surface area contributed by atoms with Crippen molar-refractivity contribution in [1.29, 1.82) is 0 Å². The largest absolute Gasteiger partial charge is 0.437 e. The van der Waals surface area contributed by atoms with E-state index in [0.29, 0.717) is 19.0 Å². The Morgan fingerprint density at radius 3 is 2.21 bits per heavy atom. The molecule has 0 amide bonds. The molecule has 0 aliphatic rings. The van der Waals surface area contributed by atoms with Gasteiger partial charge in [-0.3, -0.25) is 0 Å². The Morgan fingerprint density at radius 1 is 1.05 bits per heavy atom. The number of aliphatic hydroxyl groups is 1. The van der Waals surface area contributed by atoms with Gasteiger partial charge in [-0.25, -0.2) is 0 Å². The van der Waals surface area contributed by atoms with Gasteiger partial charge in [0.15, 0.2) is 0 Å². The van der Waals surface area contributed by atoms with Gasteiger partial charge in [-0.15, -0.1) is 0 Å². The Morgan fingerprint density at radius 2 is 1.68 bits per heavy atom. The van der Waals surface area contributed by atoms with Crippen molar-refractivity contribution < 1.29 is 24.1 Å². The predicted octanol–water partition coefficient (Wildman–Crippen LogP) is 1.80. The lowest BCUT2D eigenvalue weighted by Crippen LogP contribution is -2.47. The molecule has 0 saturated heterocycles. The van der Waals surface area contributed by atoms with E-state index >= 15 is 0 Å². The zero-order valence-electron chi connectivity index (χ0n) is 11.5. The number of hydrogen-bond acceptors (Lipinski definition) is 5. The van der Waals surface area contributed by atoms with Gasteiger partial charge >= 0.3 is 5.97 Å². The van der Waals surface area contributed by atoms with E-state index in [1.165, 1.54) is 0 Å². The van der Waals surface area contributed by atoms with Crippen molar-refractivity contribution in [1.82, 2.24) is 0 Å². The van der Waals surface area contributed by atoms with Gasteiger partial charge in [0.2, 0.25) is 0 Å². The highest BCUT2D eigenvalue weighted by atomic mass is 16.9. The lowest BCUT2D eigenvalue weighted by atomic mass is 10.3. The van der Waals surface area contributed by atoms with Crippen molar-refractivity contribution in [2.75, 3.05) is 33.0 Å². The molecule has 5 heteroatoms. The molecule has 1 aromatic rings. The molecule has 5 nitrogen and oxygen atoms in total. The van der Waals surface area contributed by atoms with E-state index in [9.17, 15) is 0 Å². The average molecular weight is 270 g/mol. The van der Waals surface area contributed by atoms with E-state index in [1.807, 2.05) is 44.2 Å². The highest BCUT2D eigenvalue weighted by molar-refractivity contribution is 5.21.